The van der Waals surface area contributed by atoms with E-state index in [4.69, 9.17) is 9.47 Å². The van der Waals surface area contributed by atoms with Gasteiger partial charge in [0, 0.05) is 22.3 Å². The van der Waals surface area contributed by atoms with E-state index < -0.39 is 0 Å². The summed E-state index contributed by atoms with van der Waals surface area (Å²) in [5.41, 5.74) is 2.91. The maximum Gasteiger partial charge on any atom is 0.193 e. The van der Waals surface area contributed by atoms with E-state index in [2.05, 4.69) is 0 Å². The summed E-state index contributed by atoms with van der Waals surface area (Å²) in [5, 5.41) is 0. The molecule has 3 aromatic carbocycles. The normalized spacial score (nSPS) is 9.83. The van der Waals surface area contributed by atoms with Crippen molar-refractivity contribution in [2.45, 2.75) is 20.8 Å². The molecule has 0 saturated heterocycles. The first-order valence-corrected chi connectivity index (χ1v) is 9.51. The summed E-state index contributed by atoms with van der Waals surface area (Å²) in [6.45, 7) is 5.87. The molecule has 0 amide bonds. The molecule has 0 atom stereocenters. The molecule has 4 nitrogen and oxygen atoms in total. The molecule has 0 unspecified atom stereocenters. The number of hydrogen-bond acceptors (Lipinski definition) is 4. The van der Waals surface area contributed by atoms with Gasteiger partial charge in [0.1, 0.15) is 11.5 Å². The molecular formula is C25H26O4. The van der Waals surface area contributed by atoms with Crippen molar-refractivity contribution in [2.75, 3.05) is 14.2 Å². The third-order valence-corrected chi connectivity index (χ3v) is 4.31. The second-order valence-corrected chi connectivity index (χ2v) is 6.20. The SMILES string of the molecule is CC.COc1ccc(C(=O)c2cc(C)cc(C(=O)c3ccc(OC)cc3)c2)cc1. The molecule has 3 rings (SSSR count). The monoisotopic (exact) mass is 390 g/mol. The quantitative estimate of drug-likeness (QED) is 0.522. The Balaban J connectivity index is 0.00000145. The van der Waals surface area contributed by atoms with Crippen LogP contribution < -0.4 is 9.47 Å². The second kappa shape index (κ2) is 10.2. The molecule has 0 spiro atoms. The Hall–Kier alpha value is -3.40. The molecule has 150 valence electrons. The number of ether oxygens (including phenoxy) is 2. The zero-order valence-corrected chi connectivity index (χ0v) is 17.5. The smallest absolute Gasteiger partial charge is 0.193 e. The highest BCUT2D eigenvalue weighted by Crippen LogP contribution is 2.20. The molecular weight excluding hydrogens is 364 g/mol. The lowest BCUT2D eigenvalue weighted by molar-refractivity contribution is 0.103. The number of aryl methyl sites for hydroxylation is 1. The highest BCUT2D eigenvalue weighted by Gasteiger charge is 2.15. The lowest BCUT2D eigenvalue weighted by Crippen LogP contribution is -2.07. The minimum absolute atomic E-state index is 0.134. The van der Waals surface area contributed by atoms with Gasteiger partial charge in [-0.05, 0) is 79.2 Å². The van der Waals surface area contributed by atoms with Gasteiger partial charge in [0.05, 0.1) is 14.2 Å². The fourth-order valence-corrected chi connectivity index (χ4v) is 2.86. The first-order valence-electron chi connectivity index (χ1n) is 9.51. The largest absolute Gasteiger partial charge is 0.497 e. The van der Waals surface area contributed by atoms with E-state index in [0.29, 0.717) is 33.8 Å². The summed E-state index contributed by atoms with van der Waals surface area (Å²) in [5.74, 6) is 1.10. The van der Waals surface area contributed by atoms with Crippen molar-refractivity contribution in [2.24, 2.45) is 0 Å². The number of methoxy groups -OCH3 is 2. The maximum absolute atomic E-state index is 12.8. The van der Waals surface area contributed by atoms with Crippen LogP contribution in [-0.4, -0.2) is 25.8 Å². The van der Waals surface area contributed by atoms with Gasteiger partial charge in [-0.15, -0.1) is 0 Å². The number of carbonyl (C=O) groups excluding carboxylic acids is 2. The molecule has 3 aromatic rings. The Kier molecular flexibility index (Phi) is 7.72. The Bertz CT molecular complexity index is 893. The lowest BCUT2D eigenvalue weighted by atomic mass is 9.95. The van der Waals surface area contributed by atoms with Crippen LogP contribution in [0.5, 0.6) is 11.5 Å². The van der Waals surface area contributed by atoms with E-state index in [1.807, 2.05) is 20.8 Å². The van der Waals surface area contributed by atoms with Crippen LogP contribution in [0, 0.1) is 6.92 Å². The van der Waals surface area contributed by atoms with Crippen molar-refractivity contribution in [3.8, 4) is 11.5 Å². The fraction of sp³-hybridized carbons (Fsp3) is 0.200. The first-order chi connectivity index (χ1) is 14.0. The highest BCUT2D eigenvalue weighted by molar-refractivity contribution is 6.13. The Morgan fingerprint density at radius 1 is 0.586 bits per heavy atom. The molecule has 0 heterocycles. The Morgan fingerprint density at radius 3 is 1.24 bits per heavy atom. The summed E-state index contributed by atoms with van der Waals surface area (Å²) in [7, 11) is 3.16. The lowest BCUT2D eigenvalue weighted by Gasteiger charge is -2.08. The van der Waals surface area contributed by atoms with Crippen molar-refractivity contribution in [3.63, 3.8) is 0 Å². The predicted octanol–water partition coefficient (Wildman–Crippen LogP) is 5.50. The molecule has 4 heteroatoms. The average Bonchev–Trinajstić information content (AvgIpc) is 2.79. The standard InChI is InChI=1S/C23H20O4.C2H6/c1-15-12-18(22(24)16-4-8-20(26-2)9-5-16)14-19(13-15)23(25)17-6-10-21(27-3)11-7-17;1-2/h4-14H,1-3H3;1-2H3. The van der Waals surface area contributed by atoms with E-state index in [-0.39, 0.29) is 11.6 Å². The van der Waals surface area contributed by atoms with E-state index in [1.165, 1.54) is 0 Å². The number of carbonyl (C=O) groups is 2. The van der Waals surface area contributed by atoms with E-state index >= 15 is 0 Å². The maximum atomic E-state index is 12.8. The van der Waals surface area contributed by atoms with Crippen LogP contribution in [0.1, 0.15) is 51.3 Å². The van der Waals surface area contributed by atoms with Crippen molar-refractivity contribution in [1.29, 1.82) is 0 Å². The Morgan fingerprint density at radius 2 is 0.931 bits per heavy atom. The van der Waals surface area contributed by atoms with Crippen LogP contribution in [-0.2, 0) is 0 Å². The summed E-state index contributed by atoms with van der Waals surface area (Å²) >= 11 is 0. The molecule has 0 N–H and O–H groups in total. The predicted molar refractivity (Wildman–Crippen MR) is 115 cm³/mol. The molecule has 0 aliphatic carbocycles. The molecule has 0 aliphatic heterocycles. The third-order valence-electron chi connectivity index (χ3n) is 4.31. The summed E-state index contributed by atoms with van der Waals surface area (Å²) in [6, 6.07) is 19.1. The van der Waals surface area contributed by atoms with Crippen LogP contribution in [0.2, 0.25) is 0 Å². The van der Waals surface area contributed by atoms with E-state index in [9.17, 15) is 9.59 Å². The van der Waals surface area contributed by atoms with Crippen LogP contribution in [0.4, 0.5) is 0 Å². The van der Waals surface area contributed by atoms with Gasteiger partial charge in [0.15, 0.2) is 11.6 Å². The van der Waals surface area contributed by atoms with Gasteiger partial charge in [0.25, 0.3) is 0 Å². The highest BCUT2D eigenvalue weighted by atomic mass is 16.5. The first kappa shape index (κ1) is 21.9. The van der Waals surface area contributed by atoms with E-state index in [1.54, 1.807) is 80.9 Å². The minimum atomic E-state index is -0.134. The topological polar surface area (TPSA) is 52.6 Å². The number of rotatable bonds is 6. The molecule has 0 bridgehead atoms. The second-order valence-electron chi connectivity index (χ2n) is 6.20. The number of ketones is 2. The van der Waals surface area contributed by atoms with Crippen molar-refractivity contribution in [1.82, 2.24) is 0 Å². The van der Waals surface area contributed by atoms with Gasteiger partial charge in [-0.25, -0.2) is 0 Å². The summed E-state index contributed by atoms with van der Waals surface area (Å²) < 4.78 is 10.2. The minimum Gasteiger partial charge on any atom is -0.497 e. The molecule has 29 heavy (non-hydrogen) atoms. The average molecular weight is 390 g/mol. The summed E-state index contributed by atoms with van der Waals surface area (Å²) in [6.07, 6.45) is 0. The van der Waals surface area contributed by atoms with Crippen LogP contribution in [0.3, 0.4) is 0 Å². The van der Waals surface area contributed by atoms with Crippen LogP contribution in [0.25, 0.3) is 0 Å². The molecule has 0 fully saturated rings. The molecule has 0 saturated carbocycles. The van der Waals surface area contributed by atoms with Crippen molar-refractivity contribution in [3.05, 3.63) is 94.5 Å². The van der Waals surface area contributed by atoms with Gasteiger partial charge in [-0.1, -0.05) is 13.8 Å². The summed E-state index contributed by atoms with van der Waals surface area (Å²) in [4.78, 5) is 25.6. The number of benzene rings is 3. The van der Waals surface area contributed by atoms with Crippen molar-refractivity contribution < 1.29 is 19.1 Å². The molecule has 0 aromatic heterocycles. The fourth-order valence-electron chi connectivity index (χ4n) is 2.86. The van der Waals surface area contributed by atoms with Gasteiger partial charge >= 0.3 is 0 Å². The Labute approximate surface area is 172 Å². The van der Waals surface area contributed by atoms with Gasteiger partial charge in [-0.2, -0.15) is 0 Å². The van der Waals surface area contributed by atoms with Gasteiger partial charge in [0.2, 0.25) is 0 Å². The zero-order chi connectivity index (χ0) is 21.4. The molecule has 0 radical (unpaired) electrons. The number of hydrogen-bond donors (Lipinski definition) is 0. The zero-order valence-electron chi connectivity index (χ0n) is 17.5. The van der Waals surface area contributed by atoms with Gasteiger partial charge in [-0.3, -0.25) is 9.59 Å². The van der Waals surface area contributed by atoms with Crippen LogP contribution in [0.15, 0.2) is 66.7 Å². The van der Waals surface area contributed by atoms with Crippen LogP contribution >= 0.6 is 0 Å². The van der Waals surface area contributed by atoms with Gasteiger partial charge < -0.3 is 9.47 Å². The molecule has 0 aliphatic rings. The van der Waals surface area contributed by atoms with Crippen molar-refractivity contribution >= 4 is 11.6 Å². The third kappa shape index (κ3) is 5.32. The van der Waals surface area contributed by atoms with E-state index in [0.717, 1.165) is 5.56 Å².